The van der Waals surface area contributed by atoms with Gasteiger partial charge in [0.2, 0.25) is 0 Å². The Morgan fingerprint density at radius 3 is 1.19 bits per heavy atom. The molecule has 4 nitrogen and oxygen atoms in total. The molecule has 0 atom stereocenters. The maximum Gasteiger partial charge on any atom is 0.169 e. The van der Waals surface area contributed by atoms with Crippen LogP contribution in [0.25, 0.3) is 0 Å². The highest BCUT2D eigenvalue weighted by Crippen LogP contribution is 2.18. The first-order valence-corrected chi connectivity index (χ1v) is 18.6. The van der Waals surface area contributed by atoms with Crippen molar-refractivity contribution in [2.45, 2.75) is 79.1 Å². The molecule has 174 valence electrons. The van der Waals surface area contributed by atoms with Crippen LogP contribution in [0.5, 0.6) is 0 Å². The van der Waals surface area contributed by atoms with Gasteiger partial charge in [-0.2, -0.15) is 10.2 Å². The average molecular weight is 467 g/mol. The van der Waals surface area contributed by atoms with E-state index in [1.165, 1.54) is 22.6 Å². The van der Waals surface area contributed by atoms with E-state index in [1.807, 2.05) is 0 Å². The quantitative estimate of drug-likeness (QED) is 0.199. The first-order valence-electron chi connectivity index (χ1n) is 11.7. The van der Waals surface area contributed by atoms with Gasteiger partial charge in [-0.15, -0.1) is 0 Å². The Morgan fingerprint density at radius 1 is 0.594 bits per heavy atom. The summed E-state index contributed by atoms with van der Waals surface area (Å²) < 4.78 is 4.68. The minimum Gasteiger partial charge on any atom is -0.320 e. The normalized spacial score (nSPS) is 13.2. The third kappa shape index (κ3) is 9.12. The van der Waals surface area contributed by atoms with Crippen LogP contribution in [0.3, 0.4) is 0 Å². The summed E-state index contributed by atoms with van der Waals surface area (Å²) in [5.74, 6) is 0. The number of benzene rings is 2. The minimum absolute atomic E-state index is 0.876. The maximum absolute atomic E-state index is 5.06. The molecule has 2 aromatic carbocycles. The van der Waals surface area contributed by atoms with Gasteiger partial charge in [-0.05, 0) is 37.8 Å². The van der Waals surface area contributed by atoms with Crippen molar-refractivity contribution in [1.82, 2.24) is 9.35 Å². The van der Waals surface area contributed by atoms with Crippen molar-refractivity contribution in [3.63, 3.8) is 0 Å². The molecule has 0 saturated carbocycles. The third-order valence-corrected chi connectivity index (χ3v) is 8.94. The van der Waals surface area contributed by atoms with Gasteiger partial charge in [0.25, 0.3) is 0 Å². The molecule has 0 saturated heterocycles. The van der Waals surface area contributed by atoms with Crippen molar-refractivity contribution in [3.8, 4) is 0 Å². The number of hydrazone groups is 2. The second-order valence-electron chi connectivity index (χ2n) is 10.6. The monoisotopic (exact) mass is 466 g/mol. The lowest BCUT2D eigenvalue weighted by Crippen LogP contribution is -2.42. The van der Waals surface area contributed by atoms with E-state index in [9.17, 15) is 0 Å². The zero-order valence-electron chi connectivity index (χ0n) is 21.4. The van der Waals surface area contributed by atoms with Crippen molar-refractivity contribution in [2.24, 2.45) is 10.2 Å². The average Bonchev–Trinajstić information content (AvgIpc) is 2.71. The van der Waals surface area contributed by atoms with E-state index in [0.29, 0.717) is 0 Å². The summed E-state index contributed by atoms with van der Waals surface area (Å²) >= 11 is 0. The van der Waals surface area contributed by atoms with Crippen LogP contribution in [-0.4, -0.2) is 37.2 Å². The van der Waals surface area contributed by atoms with Crippen LogP contribution in [-0.2, 0) is 13.1 Å². The van der Waals surface area contributed by atoms with E-state index in [0.717, 1.165) is 25.9 Å². The van der Waals surface area contributed by atoms with E-state index >= 15 is 0 Å². The highest BCUT2D eigenvalue weighted by molar-refractivity contribution is 6.73. The van der Waals surface area contributed by atoms with Gasteiger partial charge in [0.05, 0.1) is 13.1 Å². The summed E-state index contributed by atoms with van der Waals surface area (Å²) in [7, 11) is -3.14. The molecule has 0 amide bonds. The van der Waals surface area contributed by atoms with Crippen LogP contribution < -0.4 is 0 Å². The molecule has 0 fully saturated rings. The molecule has 2 aromatic rings. The van der Waals surface area contributed by atoms with Gasteiger partial charge in [0.1, 0.15) is 0 Å². The van der Waals surface area contributed by atoms with Crippen molar-refractivity contribution in [2.75, 3.05) is 0 Å². The molecule has 0 spiro atoms. The second kappa shape index (κ2) is 11.6. The largest absolute Gasteiger partial charge is 0.320 e. The lowest BCUT2D eigenvalue weighted by atomic mass is 10.2. The summed E-state index contributed by atoms with van der Waals surface area (Å²) in [6.07, 6.45) is 1.88. The Labute approximate surface area is 198 Å². The first-order chi connectivity index (χ1) is 14.9. The Kier molecular flexibility index (Phi) is 9.46. The minimum atomic E-state index is -1.57. The molecule has 0 aliphatic heterocycles. The lowest BCUT2D eigenvalue weighted by Gasteiger charge is -2.33. The zero-order chi connectivity index (χ0) is 23.8. The fourth-order valence-corrected chi connectivity index (χ4v) is 5.49. The standard InChI is InChI=1S/C26H42N4Si2/c1-23(27-29(31(3,4)5)21-25-15-11-9-12-16-25)19-20-24(2)28-30(32(6,7)8)22-26-17-13-10-14-18-26/h9-18H,19-22H2,1-8H3/b27-23+,28-24+. The van der Waals surface area contributed by atoms with Crippen molar-refractivity contribution < 1.29 is 0 Å². The highest BCUT2D eigenvalue weighted by atomic mass is 28.3. The molecule has 0 unspecified atom stereocenters. The molecule has 32 heavy (non-hydrogen) atoms. The predicted molar refractivity (Wildman–Crippen MR) is 146 cm³/mol. The zero-order valence-corrected chi connectivity index (χ0v) is 23.4. The molecule has 0 aromatic heterocycles. The van der Waals surface area contributed by atoms with E-state index in [4.69, 9.17) is 10.2 Å². The molecule has 2 rings (SSSR count). The fourth-order valence-electron chi connectivity index (χ4n) is 3.23. The van der Waals surface area contributed by atoms with Crippen molar-refractivity contribution in [3.05, 3.63) is 71.8 Å². The summed E-state index contributed by atoms with van der Waals surface area (Å²) in [5, 5.41) is 10.1. The third-order valence-electron chi connectivity index (χ3n) is 5.33. The molecule has 0 aliphatic carbocycles. The molecule has 0 bridgehead atoms. The highest BCUT2D eigenvalue weighted by Gasteiger charge is 2.24. The predicted octanol–water partition coefficient (Wildman–Crippen LogP) is 7.19. The van der Waals surface area contributed by atoms with Gasteiger partial charge in [-0.3, -0.25) is 0 Å². The van der Waals surface area contributed by atoms with E-state index in [-0.39, 0.29) is 0 Å². The van der Waals surface area contributed by atoms with Crippen LogP contribution >= 0.6 is 0 Å². The molecular weight excluding hydrogens is 424 g/mol. The van der Waals surface area contributed by atoms with Crippen LogP contribution in [0.1, 0.15) is 37.8 Å². The topological polar surface area (TPSA) is 31.2 Å². The van der Waals surface area contributed by atoms with Gasteiger partial charge in [0, 0.05) is 11.4 Å². The van der Waals surface area contributed by atoms with Crippen LogP contribution in [0, 0.1) is 0 Å². The van der Waals surface area contributed by atoms with Crippen molar-refractivity contribution >= 4 is 27.9 Å². The Bertz CT molecular complexity index is 806. The summed E-state index contributed by atoms with van der Waals surface area (Å²) in [6, 6.07) is 21.3. The van der Waals surface area contributed by atoms with E-state index in [2.05, 4.69) is 123 Å². The lowest BCUT2D eigenvalue weighted by molar-refractivity contribution is 0.440. The molecule has 6 heteroatoms. The van der Waals surface area contributed by atoms with E-state index in [1.54, 1.807) is 0 Å². The van der Waals surface area contributed by atoms with Gasteiger partial charge >= 0.3 is 0 Å². The number of hydrogen-bond acceptors (Lipinski definition) is 4. The molecule has 0 N–H and O–H groups in total. The Morgan fingerprint density at radius 2 is 0.906 bits per heavy atom. The van der Waals surface area contributed by atoms with Crippen LogP contribution in [0.2, 0.25) is 39.3 Å². The Balaban J connectivity index is 2.06. The van der Waals surface area contributed by atoms with Crippen LogP contribution in [0.4, 0.5) is 0 Å². The summed E-state index contributed by atoms with van der Waals surface area (Å²) in [6.45, 7) is 20.2. The number of hydrogen-bond donors (Lipinski definition) is 0. The number of rotatable bonds is 11. The smallest absolute Gasteiger partial charge is 0.169 e. The van der Waals surface area contributed by atoms with Gasteiger partial charge in [0.15, 0.2) is 16.5 Å². The van der Waals surface area contributed by atoms with Crippen molar-refractivity contribution in [1.29, 1.82) is 0 Å². The van der Waals surface area contributed by atoms with E-state index < -0.39 is 16.5 Å². The number of nitrogens with zero attached hydrogens (tertiary/aromatic N) is 4. The maximum atomic E-state index is 5.06. The molecule has 0 heterocycles. The van der Waals surface area contributed by atoms with Gasteiger partial charge in [-0.1, -0.05) is 99.9 Å². The summed E-state index contributed by atoms with van der Waals surface area (Å²) in [5.41, 5.74) is 4.99. The SMILES string of the molecule is C/C(CC/C(C)=N/N(Cc1ccccc1)[Si](C)(C)C)=N\N(Cc1ccccc1)[Si](C)(C)C. The Hall–Kier alpha value is -2.19. The first kappa shape index (κ1) is 26.1. The van der Waals surface area contributed by atoms with Crippen LogP contribution in [0.15, 0.2) is 70.9 Å². The van der Waals surface area contributed by atoms with Gasteiger partial charge in [-0.25, -0.2) is 0 Å². The van der Waals surface area contributed by atoms with Gasteiger partial charge < -0.3 is 9.35 Å². The molecule has 0 radical (unpaired) electrons. The molecule has 0 aliphatic rings. The molecular formula is C26H42N4Si2. The summed E-state index contributed by atoms with van der Waals surface area (Å²) in [4.78, 5) is 0. The second-order valence-corrected chi connectivity index (χ2v) is 20.3. The fraction of sp³-hybridized carbons (Fsp3) is 0.462.